The van der Waals surface area contributed by atoms with Gasteiger partial charge in [-0.2, -0.15) is 0 Å². The van der Waals surface area contributed by atoms with Gasteiger partial charge in [-0.05, 0) is 50.2 Å². The van der Waals surface area contributed by atoms with Crippen LogP contribution >= 0.6 is 15.9 Å². The molecule has 1 aliphatic heterocycles. The molecule has 6 nitrogen and oxygen atoms in total. The van der Waals surface area contributed by atoms with Crippen molar-refractivity contribution in [2.24, 2.45) is 5.41 Å². The second-order valence-corrected chi connectivity index (χ2v) is 9.46. The summed E-state index contributed by atoms with van der Waals surface area (Å²) in [6, 6.07) is 13.1. The van der Waals surface area contributed by atoms with Crippen molar-refractivity contribution in [3.8, 4) is 0 Å². The third-order valence-electron chi connectivity index (χ3n) is 4.01. The van der Waals surface area contributed by atoms with E-state index in [-0.39, 0.29) is 17.0 Å². The average molecular weight is 437 g/mol. The molecule has 3 rings (SSSR count). The quantitative estimate of drug-likeness (QED) is 0.798. The van der Waals surface area contributed by atoms with E-state index >= 15 is 0 Å². The zero-order valence-corrected chi connectivity index (χ0v) is 16.6. The highest BCUT2D eigenvalue weighted by Gasteiger charge is 2.49. The minimum atomic E-state index is -3.76. The zero-order valence-electron chi connectivity index (χ0n) is 14.2. The molecule has 0 bridgehead atoms. The van der Waals surface area contributed by atoms with Crippen molar-refractivity contribution in [1.82, 2.24) is 0 Å². The molecule has 0 spiro atoms. The highest BCUT2D eigenvalue weighted by Crippen LogP contribution is 2.36. The van der Waals surface area contributed by atoms with E-state index in [4.69, 9.17) is 0 Å². The Morgan fingerprint density at radius 2 is 1.85 bits per heavy atom. The lowest BCUT2D eigenvalue weighted by Gasteiger charge is -2.18. The van der Waals surface area contributed by atoms with Gasteiger partial charge in [0.25, 0.3) is 5.91 Å². The van der Waals surface area contributed by atoms with E-state index in [1.54, 1.807) is 44.2 Å². The van der Waals surface area contributed by atoms with Crippen molar-refractivity contribution in [3.63, 3.8) is 0 Å². The molecule has 0 aromatic heterocycles. The third kappa shape index (κ3) is 3.52. The summed E-state index contributed by atoms with van der Waals surface area (Å²) in [5, 5.41) is 2.74. The summed E-state index contributed by atoms with van der Waals surface area (Å²) in [6.07, 6.45) is 0. The number of anilines is 2. The number of halogens is 1. The summed E-state index contributed by atoms with van der Waals surface area (Å²) < 4.78 is 26.4. The Kier molecular flexibility index (Phi) is 4.66. The van der Waals surface area contributed by atoms with Crippen LogP contribution in [0.15, 0.2) is 53.0 Å². The van der Waals surface area contributed by atoms with E-state index in [2.05, 4.69) is 21.2 Å². The van der Waals surface area contributed by atoms with Crippen LogP contribution in [0.25, 0.3) is 0 Å². The number of hydrogen-bond donors (Lipinski definition) is 1. The number of hydrogen-bond acceptors (Lipinski definition) is 4. The molecule has 1 heterocycles. The number of nitrogens with one attached hydrogen (secondary N) is 1. The number of carbonyl (C=O) groups excluding carboxylic acids is 2. The van der Waals surface area contributed by atoms with Crippen LogP contribution in [0.4, 0.5) is 11.4 Å². The maximum absolute atomic E-state index is 12.5. The maximum atomic E-state index is 12.5. The molecule has 1 saturated heterocycles. The molecule has 2 amide bonds. The molecule has 1 N–H and O–H groups in total. The number of nitrogens with zero attached hydrogens (tertiary/aromatic N) is 1. The summed E-state index contributed by atoms with van der Waals surface area (Å²) in [4.78, 5) is 25.0. The summed E-state index contributed by atoms with van der Waals surface area (Å²) in [6.45, 7) is 3.19. The van der Waals surface area contributed by atoms with E-state index in [0.717, 1.165) is 8.78 Å². The smallest absolute Gasteiger partial charge is 0.255 e. The Morgan fingerprint density at radius 3 is 2.46 bits per heavy atom. The van der Waals surface area contributed by atoms with E-state index in [1.165, 1.54) is 12.1 Å². The summed E-state index contributed by atoms with van der Waals surface area (Å²) in [5.74, 6) is -1.15. The first-order chi connectivity index (χ1) is 12.1. The fourth-order valence-electron chi connectivity index (χ4n) is 2.80. The molecule has 8 heteroatoms. The standard InChI is InChI=1S/C18H17BrN2O4S/c1-18(2)11-26(24,25)21(17(18)23)15-8-3-5-12(9-15)16(22)20-14-7-4-6-13(19)10-14/h3-10H,11H2,1-2H3,(H,20,22). The fourth-order valence-corrected chi connectivity index (χ4v) is 5.30. The first kappa shape index (κ1) is 18.6. The van der Waals surface area contributed by atoms with Gasteiger partial charge in [0, 0.05) is 15.7 Å². The van der Waals surface area contributed by atoms with Crippen molar-refractivity contribution < 1.29 is 18.0 Å². The molecule has 2 aromatic rings. The van der Waals surface area contributed by atoms with Gasteiger partial charge in [-0.3, -0.25) is 9.59 Å². The van der Waals surface area contributed by atoms with Crippen molar-refractivity contribution in [2.75, 3.05) is 15.4 Å². The van der Waals surface area contributed by atoms with E-state index < -0.39 is 27.3 Å². The zero-order chi connectivity index (χ0) is 19.1. The lowest BCUT2D eigenvalue weighted by molar-refractivity contribution is -0.123. The molecule has 0 aliphatic carbocycles. The molecule has 0 radical (unpaired) electrons. The van der Waals surface area contributed by atoms with Crippen LogP contribution in [-0.4, -0.2) is 26.0 Å². The molecule has 26 heavy (non-hydrogen) atoms. The molecule has 1 fully saturated rings. The average Bonchev–Trinajstić information content (AvgIpc) is 2.70. The largest absolute Gasteiger partial charge is 0.322 e. The summed E-state index contributed by atoms with van der Waals surface area (Å²) >= 11 is 3.33. The number of rotatable bonds is 3. The van der Waals surface area contributed by atoms with Crippen LogP contribution < -0.4 is 9.62 Å². The van der Waals surface area contributed by atoms with Gasteiger partial charge >= 0.3 is 0 Å². The van der Waals surface area contributed by atoms with Gasteiger partial charge in [-0.15, -0.1) is 0 Å². The van der Waals surface area contributed by atoms with Gasteiger partial charge in [0.2, 0.25) is 15.9 Å². The van der Waals surface area contributed by atoms with Crippen molar-refractivity contribution in [1.29, 1.82) is 0 Å². The van der Waals surface area contributed by atoms with Gasteiger partial charge < -0.3 is 5.32 Å². The van der Waals surface area contributed by atoms with Crippen molar-refractivity contribution in [2.45, 2.75) is 13.8 Å². The Hall–Kier alpha value is -2.19. The van der Waals surface area contributed by atoms with Crippen LogP contribution in [0.3, 0.4) is 0 Å². The topological polar surface area (TPSA) is 83.6 Å². The minimum Gasteiger partial charge on any atom is -0.322 e. The fraction of sp³-hybridized carbons (Fsp3) is 0.222. The number of benzene rings is 2. The maximum Gasteiger partial charge on any atom is 0.255 e. The normalized spacial score (nSPS) is 18.0. The molecule has 2 aromatic carbocycles. The van der Waals surface area contributed by atoms with Crippen molar-refractivity contribution in [3.05, 3.63) is 58.6 Å². The monoisotopic (exact) mass is 436 g/mol. The van der Waals surface area contributed by atoms with Gasteiger partial charge in [-0.1, -0.05) is 28.1 Å². The first-order valence-electron chi connectivity index (χ1n) is 7.85. The lowest BCUT2D eigenvalue weighted by Crippen LogP contribution is -2.33. The molecule has 136 valence electrons. The van der Waals surface area contributed by atoms with Gasteiger partial charge in [0.05, 0.1) is 16.9 Å². The van der Waals surface area contributed by atoms with Crippen LogP contribution in [-0.2, 0) is 14.8 Å². The van der Waals surface area contributed by atoms with E-state index in [1.807, 2.05) is 6.07 Å². The number of carbonyl (C=O) groups is 2. The summed E-state index contributed by atoms with van der Waals surface area (Å²) in [7, 11) is -3.76. The van der Waals surface area contributed by atoms with Gasteiger partial charge in [-0.25, -0.2) is 12.7 Å². The Labute approximate surface area is 160 Å². The highest BCUT2D eigenvalue weighted by molar-refractivity contribution is 9.10. The number of amides is 2. The Balaban J connectivity index is 1.91. The van der Waals surface area contributed by atoms with E-state index in [9.17, 15) is 18.0 Å². The highest BCUT2D eigenvalue weighted by atomic mass is 79.9. The Bertz CT molecular complexity index is 1000. The van der Waals surface area contributed by atoms with Crippen LogP contribution in [0.5, 0.6) is 0 Å². The lowest BCUT2D eigenvalue weighted by atomic mass is 9.95. The Morgan fingerprint density at radius 1 is 1.15 bits per heavy atom. The van der Waals surface area contributed by atoms with Crippen LogP contribution in [0.1, 0.15) is 24.2 Å². The number of sulfonamides is 1. The van der Waals surface area contributed by atoms with Crippen LogP contribution in [0, 0.1) is 5.41 Å². The summed E-state index contributed by atoms with van der Waals surface area (Å²) in [5.41, 5.74) is 0.0337. The second-order valence-electron chi connectivity index (χ2n) is 6.72. The SMILES string of the molecule is CC1(C)CS(=O)(=O)N(c2cccc(C(=O)Nc3cccc(Br)c3)c2)C1=O. The predicted molar refractivity (Wildman–Crippen MR) is 104 cm³/mol. The molecule has 1 aliphatic rings. The molecular weight excluding hydrogens is 420 g/mol. The third-order valence-corrected chi connectivity index (χ3v) is 6.52. The first-order valence-corrected chi connectivity index (χ1v) is 10.2. The predicted octanol–water partition coefficient (Wildman–Crippen LogP) is 3.40. The molecule has 0 saturated carbocycles. The molecule has 0 unspecified atom stereocenters. The second kappa shape index (κ2) is 6.51. The molecular formula is C18H17BrN2O4S. The van der Waals surface area contributed by atoms with Crippen LogP contribution in [0.2, 0.25) is 0 Å². The minimum absolute atomic E-state index is 0.169. The van der Waals surface area contributed by atoms with Gasteiger partial charge in [0.15, 0.2) is 0 Å². The van der Waals surface area contributed by atoms with Crippen molar-refractivity contribution >= 4 is 49.1 Å². The molecule has 0 atom stereocenters. The van der Waals surface area contributed by atoms with Gasteiger partial charge in [0.1, 0.15) is 0 Å². The van der Waals surface area contributed by atoms with E-state index in [0.29, 0.717) is 5.69 Å².